The molecule has 2 aliphatic rings. The molecule has 0 bridgehead atoms. The van der Waals surface area contributed by atoms with E-state index in [1.807, 2.05) is 11.9 Å². The van der Waals surface area contributed by atoms with Gasteiger partial charge in [-0.05, 0) is 25.9 Å². The lowest BCUT2D eigenvalue weighted by Gasteiger charge is -2.36. The number of aryl methyl sites for hydroxylation is 1. The first kappa shape index (κ1) is 18.4. The Morgan fingerprint density at radius 1 is 1.20 bits per heavy atom. The summed E-state index contributed by atoms with van der Waals surface area (Å²) in [5, 5.41) is 0. The molecule has 3 rings (SSSR count). The standard InChI is InChI=1S/C18H31N5O2/c1-20-9-6-19-17(18(20)24)21(2)14-16-15-23(12-13-25-16)11-10-22-7-4-3-5-8-22/h6,9,16H,3-5,7-8,10-15H2,1-2H3. The van der Waals surface area contributed by atoms with Gasteiger partial charge in [0, 0.05) is 59.2 Å². The summed E-state index contributed by atoms with van der Waals surface area (Å²) in [6, 6.07) is 0. The molecule has 7 nitrogen and oxygen atoms in total. The van der Waals surface area contributed by atoms with Crippen LogP contribution in [0, 0.1) is 0 Å². The Balaban J connectivity index is 1.49. The second kappa shape index (κ2) is 8.78. The summed E-state index contributed by atoms with van der Waals surface area (Å²) in [4.78, 5) is 23.4. The van der Waals surface area contributed by atoms with Crippen molar-refractivity contribution in [2.75, 3.05) is 64.4 Å². The highest BCUT2D eigenvalue weighted by molar-refractivity contribution is 5.34. The Kier molecular flexibility index (Phi) is 6.45. The molecular weight excluding hydrogens is 318 g/mol. The van der Waals surface area contributed by atoms with Crippen LogP contribution in [-0.4, -0.2) is 84.9 Å². The largest absolute Gasteiger partial charge is 0.374 e. The lowest BCUT2D eigenvalue weighted by Crippen LogP contribution is -2.49. The maximum atomic E-state index is 12.2. The molecule has 1 aromatic heterocycles. The van der Waals surface area contributed by atoms with Gasteiger partial charge in [-0.25, -0.2) is 4.98 Å². The molecule has 2 aliphatic heterocycles. The highest BCUT2D eigenvalue weighted by Gasteiger charge is 2.23. The van der Waals surface area contributed by atoms with E-state index in [-0.39, 0.29) is 11.7 Å². The number of morpholine rings is 1. The number of hydrogen-bond donors (Lipinski definition) is 0. The summed E-state index contributed by atoms with van der Waals surface area (Å²) in [5.41, 5.74) is -0.0669. The molecule has 0 N–H and O–H groups in total. The van der Waals surface area contributed by atoms with Crippen molar-refractivity contribution in [3.63, 3.8) is 0 Å². The molecule has 0 radical (unpaired) electrons. The van der Waals surface area contributed by atoms with Gasteiger partial charge < -0.3 is 19.1 Å². The van der Waals surface area contributed by atoms with Crippen LogP contribution in [0.1, 0.15) is 19.3 Å². The van der Waals surface area contributed by atoms with Crippen LogP contribution < -0.4 is 10.5 Å². The van der Waals surface area contributed by atoms with Gasteiger partial charge in [0.25, 0.3) is 5.56 Å². The summed E-state index contributed by atoms with van der Waals surface area (Å²) in [6.07, 6.45) is 7.53. The minimum Gasteiger partial charge on any atom is -0.374 e. The van der Waals surface area contributed by atoms with Crippen molar-refractivity contribution in [3.05, 3.63) is 22.7 Å². The average Bonchev–Trinajstić information content (AvgIpc) is 2.63. The molecule has 0 spiro atoms. The monoisotopic (exact) mass is 349 g/mol. The molecule has 2 saturated heterocycles. The van der Waals surface area contributed by atoms with Crippen molar-refractivity contribution in [1.82, 2.24) is 19.4 Å². The topological polar surface area (TPSA) is 53.8 Å². The number of likely N-dealkylation sites (tertiary alicyclic amines) is 1. The minimum atomic E-state index is -0.0669. The second-order valence-corrected chi connectivity index (χ2v) is 7.24. The van der Waals surface area contributed by atoms with Crippen molar-refractivity contribution in [3.8, 4) is 0 Å². The maximum Gasteiger partial charge on any atom is 0.293 e. The molecule has 0 saturated carbocycles. The number of ether oxygens (including phenoxy) is 1. The molecule has 1 unspecified atom stereocenters. The molecule has 1 aromatic rings. The zero-order valence-electron chi connectivity index (χ0n) is 15.6. The quantitative estimate of drug-likeness (QED) is 0.741. The molecule has 0 aromatic carbocycles. The zero-order valence-corrected chi connectivity index (χ0v) is 15.6. The van der Waals surface area contributed by atoms with Crippen LogP contribution in [0.15, 0.2) is 17.2 Å². The van der Waals surface area contributed by atoms with Gasteiger partial charge in [0.05, 0.1) is 12.7 Å². The van der Waals surface area contributed by atoms with E-state index < -0.39 is 0 Å². The van der Waals surface area contributed by atoms with Crippen molar-refractivity contribution in [2.45, 2.75) is 25.4 Å². The van der Waals surface area contributed by atoms with Crippen LogP contribution in [0.4, 0.5) is 5.82 Å². The molecule has 0 aliphatic carbocycles. The average molecular weight is 349 g/mol. The number of aromatic nitrogens is 2. The van der Waals surface area contributed by atoms with Gasteiger partial charge in [-0.15, -0.1) is 0 Å². The number of nitrogens with zero attached hydrogens (tertiary/aromatic N) is 5. The first-order valence-electron chi connectivity index (χ1n) is 9.42. The van der Waals surface area contributed by atoms with Crippen molar-refractivity contribution in [2.24, 2.45) is 7.05 Å². The summed E-state index contributed by atoms with van der Waals surface area (Å²) in [7, 11) is 3.67. The lowest BCUT2D eigenvalue weighted by molar-refractivity contribution is -0.0262. The Hall–Kier alpha value is -1.44. The number of hydrogen-bond acceptors (Lipinski definition) is 6. The molecule has 140 valence electrons. The van der Waals surface area contributed by atoms with Crippen molar-refractivity contribution >= 4 is 5.82 Å². The molecule has 25 heavy (non-hydrogen) atoms. The van der Waals surface area contributed by atoms with E-state index in [0.29, 0.717) is 12.4 Å². The van der Waals surface area contributed by atoms with E-state index in [1.54, 1.807) is 24.0 Å². The van der Waals surface area contributed by atoms with Gasteiger partial charge in [-0.1, -0.05) is 6.42 Å². The van der Waals surface area contributed by atoms with Gasteiger partial charge in [-0.3, -0.25) is 9.69 Å². The summed E-state index contributed by atoms with van der Waals surface area (Å²) in [5.74, 6) is 0.485. The number of anilines is 1. The van der Waals surface area contributed by atoms with Gasteiger partial charge >= 0.3 is 0 Å². The van der Waals surface area contributed by atoms with Gasteiger partial charge in [0.15, 0.2) is 5.82 Å². The number of piperidine rings is 1. The maximum absolute atomic E-state index is 12.2. The van der Waals surface area contributed by atoms with E-state index in [4.69, 9.17) is 4.74 Å². The highest BCUT2D eigenvalue weighted by Crippen LogP contribution is 2.11. The van der Waals surface area contributed by atoms with E-state index in [2.05, 4.69) is 14.8 Å². The van der Waals surface area contributed by atoms with E-state index in [1.165, 1.54) is 32.4 Å². The molecule has 3 heterocycles. The van der Waals surface area contributed by atoms with Crippen LogP contribution in [0.2, 0.25) is 0 Å². The highest BCUT2D eigenvalue weighted by atomic mass is 16.5. The fraction of sp³-hybridized carbons (Fsp3) is 0.778. The van der Waals surface area contributed by atoms with Crippen LogP contribution in [-0.2, 0) is 11.8 Å². The molecule has 1 atom stereocenters. The number of likely N-dealkylation sites (N-methyl/N-ethyl adjacent to an activating group) is 1. The molecule has 2 fully saturated rings. The summed E-state index contributed by atoms with van der Waals surface area (Å²) < 4.78 is 7.49. The zero-order chi connectivity index (χ0) is 17.6. The predicted octanol–water partition coefficient (Wildman–Crippen LogP) is 0.403. The van der Waals surface area contributed by atoms with E-state index >= 15 is 0 Å². The molecule has 7 heteroatoms. The SMILES string of the molecule is CN(CC1CN(CCN2CCCCC2)CCO1)c1nccn(C)c1=O. The third-order valence-corrected chi connectivity index (χ3v) is 5.24. The predicted molar refractivity (Wildman–Crippen MR) is 99.2 cm³/mol. The fourth-order valence-corrected chi connectivity index (χ4v) is 3.70. The van der Waals surface area contributed by atoms with Crippen molar-refractivity contribution in [1.29, 1.82) is 0 Å². The first-order valence-corrected chi connectivity index (χ1v) is 9.42. The van der Waals surface area contributed by atoms with Gasteiger partial charge in [0.2, 0.25) is 0 Å². The Morgan fingerprint density at radius 3 is 2.76 bits per heavy atom. The summed E-state index contributed by atoms with van der Waals surface area (Å²) in [6.45, 7) is 8.13. The Morgan fingerprint density at radius 2 is 1.96 bits per heavy atom. The van der Waals surface area contributed by atoms with E-state index in [9.17, 15) is 4.79 Å². The second-order valence-electron chi connectivity index (χ2n) is 7.24. The van der Waals surface area contributed by atoms with Crippen molar-refractivity contribution < 1.29 is 4.74 Å². The van der Waals surface area contributed by atoms with Gasteiger partial charge in [0.1, 0.15) is 0 Å². The van der Waals surface area contributed by atoms with Crippen LogP contribution in [0.25, 0.3) is 0 Å². The van der Waals surface area contributed by atoms with Gasteiger partial charge in [-0.2, -0.15) is 0 Å². The Labute approximate surface area is 150 Å². The molecule has 0 amide bonds. The van der Waals surface area contributed by atoms with Crippen LogP contribution in [0.5, 0.6) is 0 Å². The minimum absolute atomic E-state index is 0.0669. The van der Waals surface area contributed by atoms with E-state index in [0.717, 1.165) is 32.8 Å². The van der Waals surface area contributed by atoms with Crippen LogP contribution >= 0.6 is 0 Å². The van der Waals surface area contributed by atoms with Crippen LogP contribution in [0.3, 0.4) is 0 Å². The molecular formula is C18H31N5O2. The normalized spacial score (nSPS) is 22.9. The summed E-state index contributed by atoms with van der Waals surface area (Å²) >= 11 is 0. The number of rotatable bonds is 6. The first-order chi connectivity index (χ1) is 12.1. The fourth-order valence-electron chi connectivity index (χ4n) is 3.70. The smallest absolute Gasteiger partial charge is 0.293 e. The third-order valence-electron chi connectivity index (χ3n) is 5.24. The third kappa shape index (κ3) is 5.03. The Bertz CT molecular complexity index is 599. The lowest BCUT2D eigenvalue weighted by atomic mass is 10.1.